The quantitative estimate of drug-likeness (QED) is 0.591. The molecule has 0 fully saturated rings. The Hall–Kier alpha value is -2.53. The molecule has 0 aliphatic rings. The SMILES string of the molecule is CCC(C(=O)NC(C)(C)C)N(Cc1cccc(OC)c1)C(=O)CCc1ccccc1Cl. The average Bonchev–Trinajstić information content (AvgIpc) is 2.71. The van der Waals surface area contributed by atoms with Crippen LogP contribution in [0.5, 0.6) is 5.75 Å². The monoisotopic (exact) mass is 444 g/mol. The van der Waals surface area contributed by atoms with Crippen molar-refractivity contribution in [2.45, 2.75) is 65.1 Å². The van der Waals surface area contributed by atoms with Gasteiger partial charge in [0.25, 0.3) is 0 Å². The van der Waals surface area contributed by atoms with Crippen LogP contribution >= 0.6 is 11.6 Å². The third kappa shape index (κ3) is 7.59. The minimum Gasteiger partial charge on any atom is -0.497 e. The van der Waals surface area contributed by atoms with Crippen molar-refractivity contribution in [3.8, 4) is 5.75 Å². The van der Waals surface area contributed by atoms with E-state index in [1.54, 1.807) is 12.0 Å². The molecule has 0 spiro atoms. The fraction of sp³-hybridized carbons (Fsp3) is 0.440. The van der Waals surface area contributed by atoms with E-state index in [9.17, 15) is 9.59 Å². The minimum absolute atomic E-state index is 0.0846. The molecular formula is C25H33ClN2O3. The second-order valence-corrected chi connectivity index (χ2v) is 9.04. The van der Waals surface area contributed by atoms with Crippen LogP contribution in [0.15, 0.2) is 48.5 Å². The Kier molecular flexibility index (Phi) is 8.93. The summed E-state index contributed by atoms with van der Waals surface area (Å²) in [7, 11) is 1.61. The van der Waals surface area contributed by atoms with Crippen LogP contribution in [0, 0.1) is 0 Å². The predicted molar refractivity (Wildman–Crippen MR) is 125 cm³/mol. The number of hydrogen-bond acceptors (Lipinski definition) is 3. The van der Waals surface area contributed by atoms with Crippen molar-refractivity contribution in [3.63, 3.8) is 0 Å². The molecule has 0 radical (unpaired) electrons. The summed E-state index contributed by atoms with van der Waals surface area (Å²) in [6.07, 6.45) is 1.31. The van der Waals surface area contributed by atoms with Gasteiger partial charge in [-0.3, -0.25) is 9.59 Å². The first kappa shape index (κ1) is 24.7. The topological polar surface area (TPSA) is 58.6 Å². The smallest absolute Gasteiger partial charge is 0.243 e. The summed E-state index contributed by atoms with van der Waals surface area (Å²) in [6.45, 7) is 8.05. The van der Waals surface area contributed by atoms with Gasteiger partial charge in [0, 0.05) is 23.5 Å². The summed E-state index contributed by atoms with van der Waals surface area (Å²) < 4.78 is 5.32. The van der Waals surface area contributed by atoms with Gasteiger partial charge in [-0.05, 0) is 62.9 Å². The summed E-state index contributed by atoms with van der Waals surface area (Å²) in [5.41, 5.74) is 1.45. The minimum atomic E-state index is -0.566. The highest BCUT2D eigenvalue weighted by Gasteiger charge is 2.30. The highest BCUT2D eigenvalue weighted by Crippen LogP contribution is 2.21. The van der Waals surface area contributed by atoms with Crippen molar-refractivity contribution in [1.29, 1.82) is 0 Å². The van der Waals surface area contributed by atoms with E-state index in [0.29, 0.717) is 30.2 Å². The van der Waals surface area contributed by atoms with E-state index in [4.69, 9.17) is 16.3 Å². The fourth-order valence-corrected chi connectivity index (χ4v) is 3.66. The van der Waals surface area contributed by atoms with E-state index < -0.39 is 6.04 Å². The van der Waals surface area contributed by atoms with Crippen LogP contribution in [0.3, 0.4) is 0 Å². The number of aryl methyl sites for hydroxylation is 1. The van der Waals surface area contributed by atoms with E-state index >= 15 is 0 Å². The lowest BCUT2D eigenvalue weighted by molar-refractivity contribution is -0.142. The molecule has 5 nitrogen and oxygen atoms in total. The molecule has 2 amide bonds. The maximum atomic E-state index is 13.3. The number of carbonyl (C=O) groups is 2. The Morgan fingerprint density at radius 1 is 1.13 bits per heavy atom. The van der Waals surface area contributed by atoms with E-state index in [-0.39, 0.29) is 23.8 Å². The van der Waals surface area contributed by atoms with Crippen LogP contribution in [-0.4, -0.2) is 35.4 Å². The molecule has 31 heavy (non-hydrogen) atoms. The lowest BCUT2D eigenvalue weighted by atomic mass is 10.0. The van der Waals surface area contributed by atoms with Crippen molar-refractivity contribution < 1.29 is 14.3 Å². The molecule has 0 aliphatic heterocycles. The van der Waals surface area contributed by atoms with Crippen LogP contribution < -0.4 is 10.1 Å². The van der Waals surface area contributed by atoms with Gasteiger partial charge in [-0.15, -0.1) is 0 Å². The van der Waals surface area contributed by atoms with Gasteiger partial charge in [-0.2, -0.15) is 0 Å². The Morgan fingerprint density at radius 3 is 2.45 bits per heavy atom. The molecule has 2 rings (SSSR count). The van der Waals surface area contributed by atoms with Crippen molar-refractivity contribution in [2.24, 2.45) is 0 Å². The highest BCUT2D eigenvalue weighted by molar-refractivity contribution is 6.31. The first-order valence-corrected chi connectivity index (χ1v) is 11.0. The van der Waals surface area contributed by atoms with Crippen LogP contribution in [0.4, 0.5) is 0 Å². The lowest BCUT2D eigenvalue weighted by Gasteiger charge is -2.33. The zero-order valence-corrected chi connectivity index (χ0v) is 19.8. The normalized spacial score (nSPS) is 12.2. The van der Waals surface area contributed by atoms with Crippen molar-refractivity contribution in [1.82, 2.24) is 10.2 Å². The van der Waals surface area contributed by atoms with Crippen molar-refractivity contribution in [3.05, 3.63) is 64.7 Å². The number of benzene rings is 2. The maximum Gasteiger partial charge on any atom is 0.243 e. The van der Waals surface area contributed by atoms with Gasteiger partial charge in [0.2, 0.25) is 11.8 Å². The van der Waals surface area contributed by atoms with Gasteiger partial charge in [0.1, 0.15) is 11.8 Å². The van der Waals surface area contributed by atoms with Crippen LogP contribution in [0.1, 0.15) is 51.7 Å². The largest absolute Gasteiger partial charge is 0.497 e. The summed E-state index contributed by atoms with van der Waals surface area (Å²) >= 11 is 6.26. The van der Waals surface area contributed by atoms with E-state index in [0.717, 1.165) is 11.1 Å². The molecule has 0 saturated carbocycles. The highest BCUT2D eigenvalue weighted by atomic mass is 35.5. The molecule has 0 saturated heterocycles. The zero-order valence-electron chi connectivity index (χ0n) is 19.1. The molecule has 2 aromatic carbocycles. The Balaban J connectivity index is 2.27. The van der Waals surface area contributed by atoms with Gasteiger partial charge >= 0.3 is 0 Å². The molecule has 6 heteroatoms. The zero-order chi connectivity index (χ0) is 23.0. The van der Waals surface area contributed by atoms with Crippen molar-refractivity contribution in [2.75, 3.05) is 7.11 Å². The molecule has 1 atom stereocenters. The summed E-state index contributed by atoms with van der Waals surface area (Å²) in [5, 5.41) is 3.66. The number of rotatable bonds is 9. The molecule has 0 bridgehead atoms. The van der Waals surface area contributed by atoms with Gasteiger partial charge in [-0.1, -0.05) is 48.9 Å². The standard InChI is InChI=1S/C25H33ClN2O3/c1-6-22(24(30)27-25(2,3)4)28(17-18-10-9-12-20(16-18)31-5)23(29)15-14-19-11-7-8-13-21(19)26/h7-13,16,22H,6,14-15,17H2,1-5H3,(H,27,30). The fourth-order valence-electron chi connectivity index (χ4n) is 3.43. The number of halogens is 1. The number of nitrogens with zero attached hydrogens (tertiary/aromatic N) is 1. The van der Waals surface area contributed by atoms with Gasteiger partial charge in [0.05, 0.1) is 7.11 Å². The van der Waals surface area contributed by atoms with Gasteiger partial charge < -0.3 is 15.0 Å². The first-order chi connectivity index (χ1) is 14.6. The number of nitrogens with one attached hydrogen (secondary N) is 1. The molecule has 0 heterocycles. The number of amides is 2. The second-order valence-electron chi connectivity index (χ2n) is 8.63. The maximum absolute atomic E-state index is 13.3. The third-order valence-corrected chi connectivity index (χ3v) is 5.31. The third-order valence-electron chi connectivity index (χ3n) is 4.94. The Labute approximate surface area is 190 Å². The summed E-state index contributed by atoms with van der Waals surface area (Å²) in [6, 6.07) is 14.5. The summed E-state index contributed by atoms with van der Waals surface area (Å²) in [5.74, 6) is 0.482. The van der Waals surface area contributed by atoms with Gasteiger partial charge in [-0.25, -0.2) is 0 Å². The predicted octanol–water partition coefficient (Wildman–Crippen LogP) is 5.00. The van der Waals surface area contributed by atoms with Crippen LogP contribution in [0.2, 0.25) is 5.02 Å². The number of carbonyl (C=O) groups excluding carboxylic acids is 2. The molecular weight excluding hydrogens is 412 g/mol. The van der Waals surface area contributed by atoms with E-state index in [1.165, 1.54) is 0 Å². The van der Waals surface area contributed by atoms with Gasteiger partial charge in [0.15, 0.2) is 0 Å². The average molecular weight is 445 g/mol. The molecule has 168 valence electrons. The van der Waals surface area contributed by atoms with E-state index in [1.807, 2.05) is 76.2 Å². The van der Waals surface area contributed by atoms with Crippen molar-refractivity contribution >= 4 is 23.4 Å². The number of ether oxygens (including phenoxy) is 1. The summed E-state index contributed by atoms with van der Waals surface area (Å²) in [4.78, 5) is 28.0. The molecule has 0 aliphatic carbocycles. The Morgan fingerprint density at radius 2 is 1.84 bits per heavy atom. The van der Waals surface area contributed by atoms with Crippen LogP contribution in [0.25, 0.3) is 0 Å². The second kappa shape index (κ2) is 11.2. The van der Waals surface area contributed by atoms with E-state index in [2.05, 4.69) is 5.32 Å². The lowest BCUT2D eigenvalue weighted by Crippen LogP contribution is -2.53. The Bertz CT molecular complexity index is 892. The first-order valence-electron chi connectivity index (χ1n) is 10.6. The molecule has 2 aromatic rings. The number of hydrogen-bond donors (Lipinski definition) is 1. The molecule has 0 aromatic heterocycles. The van der Waals surface area contributed by atoms with Crippen LogP contribution in [-0.2, 0) is 22.6 Å². The molecule has 1 N–H and O–H groups in total. The number of methoxy groups -OCH3 is 1. The molecule has 1 unspecified atom stereocenters.